The van der Waals surface area contributed by atoms with Crippen LogP contribution in [0.5, 0.6) is 0 Å². The first-order valence-electron chi connectivity index (χ1n) is 2.99. The smallest absolute Gasteiger partial charge is 0.246 e. The molecule has 0 spiro atoms. The van der Waals surface area contributed by atoms with Crippen molar-refractivity contribution >= 4 is 26.4 Å². The maximum Gasteiger partial charge on any atom is 0.348 e. The van der Waals surface area contributed by atoms with Crippen molar-refractivity contribution in [3.05, 3.63) is 0 Å². The van der Waals surface area contributed by atoms with Gasteiger partial charge >= 0.3 is 26.4 Å². The fourth-order valence-electron chi connectivity index (χ4n) is 0.649. The van der Waals surface area contributed by atoms with Crippen molar-refractivity contribution in [3.63, 3.8) is 0 Å². The number of nitrogens with zero attached hydrogens (tertiary/aromatic N) is 2. The van der Waals surface area contributed by atoms with Gasteiger partial charge in [0.25, 0.3) is 0 Å². The van der Waals surface area contributed by atoms with Crippen LogP contribution in [0, 0.1) is 0 Å². The molecule has 1 aliphatic rings. The Bertz CT molecular complexity index is 396. The zero-order chi connectivity index (χ0) is 10.4. The predicted octanol–water partition coefficient (Wildman–Crippen LogP) is -1.94. The zero-order valence-corrected chi connectivity index (χ0v) is 8.39. The highest BCUT2D eigenvalue weighted by atomic mass is 32.3. The highest BCUT2D eigenvalue weighted by Crippen LogP contribution is 2.11. The lowest BCUT2D eigenvalue weighted by molar-refractivity contribution is 0.212. The SMILES string of the molecule is CN1C(=O)N(C)S(=O)(=O)NS1(=O)=O. The number of amides is 2. The molecule has 1 fully saturated rings. The molecule has 1 saturated heterocycles. The Balaban J connectivity index is 3.31. The number of hydrogen-bond acceptors (Lipinski definition) is 5. The molecule has 0 unspecified atom stereocenters. The topological polar surface area (TPSA) is 104 Å². The maximum atomic E-state index is 11.0. The molecule has 0 bridgehead atoms. The van der Waals surface area contributed by atoms with E-state index in [4.69, 9.17) is 0 Å². The van der Waals surface area contributed by atoms with E-state index in [1.54, 1.807) is 0 Å². The summed E-state index contributed by atoms with van der Waals surface area (Å²) >= 11 is 0. The van der Waals surface area contributed by atoms with Gasteiger partial charge in [-0.25, -0.2) is 13.4 Å². The maximum absolute atomic E-state index is 11.0. The fourth-order valence-corrected chi connectivity index (χ4v) is 3.32. The fraction of sp³-hybridized carbons (Fsp3) is 0.667. The molecule has 8 nitrogen and oxygen atoms in total. The second-order valence-electron chi connectivity index (χ2n) is 2.31. The first kappa shape index (κ1) is 10.2. The van der Waals surface area contributed by atoms with Gasteiger partial charge in [0.05, 0.1) is 0 Å². The number of rotatable bonds is 0. The van der Waals surface area contributed by atoms with E-state index in [0.29, 0.717) is 8.61 Å². The number of carbonyl (C=O) groups is 1. The van der Waals surface area contributed by atoms with Crippen LogP contribution in [0.2, 0.25) is 0 Å². The van der Waals surface area contributed by atoms with Crippen LogP contribution < -0.4 is 4.13 Å². The molecule has 0 aromatic carbocycles. The Morgan fingerprint density at radius 1 is 1.00 bits per heavy atom. The average Bonchev–Trinajstić information content (AvgIpc) is 1.96. The van der Waals surface area contributed by atoms with Gasteiger partial charge < -0.3 is 0 Å². The molecule has 0 aliphatic carbocycles. The van der Waals surface area contributed by atoms with E-state index in [-0.39, 0.29) is 0 Å². The quantitative estimate of drug-likeness (QED) is 0.520. The number of nitrogens with one attached hydrogen (secondary N) is 1. The molecule has 0 radical (unpaired) electrons. The molecular weight excluding hydrogens is 222 g/mol. The highest BCUT2D eigenvalue weighted by molar-refractivity contribution is 8.03. The molecule has 0 saturated carbocycles. The van der Waals surface area contributed by atoms with E-state index in [1.807, 2.05) is 0 Å². The number of carbonyl (C=O) groups excluding carboxylic acids is 1. The zero-order valence-electron chi connectivity index (χ0n) is 6.75. The Morgan fingerprint density at radius 2 is 1.31 bits per heavy atom. The summed E-state index contributed by atoms with van der Waals surface area (Å²) in [4.78, 5) is 11.0. The summed E-state index contributed by atoms with van der Waals surface area (Å²) in [5.74, 6) is 0. The lowest BCUT2D eigenvalue weighted by Gasteiger charge is -2.29. The molecular formula is C3H7N3O5S2. The summed E-state index contributed by atoms with van der Waals surface area (Å²) in [5, 5.41) is 0. The highest BCUT2D eigenvalue weighted by Gasteiger charge is 2.41. The lowest BCUT2D eigenvalue weighted by Crippen LogP contribution is -2.59. The minimum Gasteiger partial charge on any atom is -0.246 e. The largest absolute Gasteiger partial charge is 0.348 e. The van der Waals surface area contributed by atoms with Gasteiger partial charge in [-0.1, -0.05) is 4.13 Å². The molecule has 1 heterocycles. The third-order valence-corrected chi connectivity index (χ3v) is 4.91. The van der Waals surface area contributed by atoms with Gasteiger partial charge in [0.1, 0.15) is 0 Å². The van der Waals surface area contributed by atoms with Gasteiger partial charge in [-0.15, -0.1) is 0 Å². The van der Waals surface area contributed by atoms with E-state index < -0.39 is 26.4 Å². The third-order valence-electron chi connectivity index (χ3n) is 1.47. The molecule has 0 aromatic rings. The number of urea groups is 1. The van der Waals surface area contributed by atoms with E-state index in [9.17, 15) is 21.6 Å². The molecule has 13 heavy (non-hydrogen) atoms. The Kier molecular flexibility index (Phi) is 2.01. The van der Waals surface area contributed by atoms with Crippen molar-refractivity contribution in [1.29, 1.82) is 0 Å². The van der Waals surface area contributed by atoms with Crippen LogP contribution in [0.4, 0.5) is 4.79 Å². The van der Waals surface area contributed by atoms with Gasteiger partial charge in [0, 0.05) is 14.1 Å². The van der Waals surface area contributed by atoms with Crippen molar-refractivity contribution in [2.45, 2.75) is 0 Å². The van der Waals surface area contributed by atoms with Crippen molar-refractivity contribution in [3.8, 4) is 0 Å². The minimum atomic E-state index is -4.25. The van der Waals surface area contributed by atoms with Gasteiger partial charge in [-0.05, 0) is 0 Å². The molecule has 2 amide bonds. The van der Waals surface area contributed by atoms with Crippen LogP contribution in [0.15, 0.2) is 0 Å². The summed E-state index contributed by atoms with van der Waals surface area (Å²) in [6, 6.07) is -1.13. The van der Waals surface area contributed by atoms with Gasteiger partial charge in [-0.2, -0.15) is 16.8 Å². The van der Waals surface area contributed by atoms with Crippen molar-refractivity contribution in [2.75, 3.05) is 14.1 Å². The molecule has 10 heteroatoms. The Hall–Kier alpha value is -0.870. The second-order valence-corrected chi connectivity index (χ2v) is 5.97. The summed E-state index contributed by atoms with van der Waals surface area (Å²) in [6.45, 7) is 0. The van der Waals surface area contributed by atoms with E-state index in [2.05, 4.69) is 0 Å². The molecule has 1 aliphatic heterocycles. The van der Waals surface area contributed by atoms with E-state index in [0.717, 1.165) is 14.1 Å². The first-order chi connectivity index (χ1) is 5.68. The molecule has 1 N–H and O–H groups in total. The molecule has 76 valence electrons. The minimum absolute atomic E-state index is 0.300. The van der Waals surface area contributed by atoms with Crippen molar-refractivity contribution in [1.82, 2.24) is 12.7 Å². The summed E-state index contributed by atoms with van der Waals surface area (Å²) < 4.78 is 45.7. The Labute approximate surface area is 75.5 Å². The summed E-state index contributed by atoms with van der Waals surface area (Å²) in [7, 11) is -6.59. The van der Waals surface area contributed by atoms with Gasteiger partial charge in [0.2, 0.25) is 0 Å². The lowest BCUT2D eigenvalue weighted by atomic mass is 10.9. The van der Waals surface area contributed by atoms with Crippen molar-refractivity contribution in [2.24, 2.45) is 0 Å². The van der Waals surface area contributed by atoms with E-state index >= 15 is 0 Å². The average molecular weight is 229 g/mol. The molecule has 0 aromatic heterocycles. The van der Waals surface area contributed by atoms with Crippen molar-refractivity contribution < 1.29 is 21.6 Å². The van der Waals surface area contributed by atoms with Crippen LogP contribution in [0.1, 0.15) is 0 Å². The predicted molar refractivity (Wildman–Crippen MR) is 41.9 cm³/mol. The number of hydrogen-bond donors (Lipinski definition) is 1. The first-order valence-corrected chi connectivity index (χ1v) is 5.87. The van der Waals surface area contributed by atoms with E-state index in [1.165, 1.54) is 4.13 Å². The molecule has 1 rings (SSSR count). The van der Waals surface area contributed by atoms with Gasteiger partial charge in [0.15, 0.2) is 0 Å². The summed E-state index contributed by atoms with van der Waals surface area (Å²) in [5.41, 5.74) is 0. The summed E-state index contributed by atoms with van der Waals surface area (Å²) in [6.07, 6.45) is 0. The van der Waals surface area contributed by atoms with Crippen LogP contribution in [-0.2, 0) is 20.4 Å². The Morgan fingerprint density at radius 3 is 1.62 bits per heavy atom. The van der Waals surface area contributed by atoms with Crippen LogP contribution in [-0.4, -0.2) is 45.6 Å². The van der Waals surface area contributed by atoms with Crippen LogP contribution >= 0.6 is 0 Å². The standard InChI is InChI=1S/C3H7N3O5S2/c1-5-3(7)6(2)13(10,11)4-12(5,8)9/h4H,1-2H3. The van der Waals surface area contributed by atoms with Crippen LogP contribution in [0.25, 0.3) is 0 Å². The third kappa shape index (κ3) is 1.47. The normalized spacial score (nSPS) is 26.2. The molecule has 0 atom stereocenters. The van der Waals surface area contributed by atoms with Gasteiger partial charge in [-0.3, -0.25) is 0 Å². The van der Waals surface area contributed by atoms with Crippen LogP contribution in [0.3, 0.4) is 0 Å². The second kappa shape index (κ2) is 2.56. The monoisotopic (exact) mass is 229 g/mol.